The second kappa shape index (κ2) is 6.14. The third-order valence-corrected chi connectivity index (χ3v) is 5.09. The van der Waals surface area contributed by atoms with Gasteiger partial charge in [-0.15, -0.1) is 0 Å². The molecule has 1 amide bonds. The average Bonchev–Trinajstić information content (AvgIpc) is 3.20. The van der Waals surface area contributed by atoms with Crippen molar-refractivity contribution in [3.63, 3.8) is 0 Å². The molecule has 1 atom stereocenters. The molecule has 7 heteroatoms. The standard InChI is InChI=1S/C16H19N3O3S/c20-15(11-4-5-13-14(8-11)19-23-18-13)17-9-12-10-21-16(22-12)6-2-1-3-7-16/h4-5,8,12H,1-3,6-7,9-10H2,(H,17,20). The third kappa shape index (κ3) is 3.08. The Morgan fingerprint density at radius 2 is 2.09 bits per heavy atom. The number of carbonyl (C=O) groups excluding carboxylic acids is 1. The zero-order chi connectivity index (χ0) is 15.7. The largest absolute Gasteiger partial charge is 0.349 e. The molecule has 1 saturated carbocycles. The molecule has 2 aliphatic rings. The zero-order valence-electron chi connectivity index (χ0n) is 12.8. The third-order valence-electron chi connectivity index (χ3n) is 4.54. The molecule has 1 N–H and O–H groups in total. The first kappa shape index (κ1) is 15.0. The SMILES string of the molecule is O=C(NCC1COC2(CCCCC2)O1)c1ccc2nsnc2c1. The molecule has 4 rings (SSSR count). The Balaban J connectivity index is 1.34. The highest BCUT2D eigenvalue weighted by atomic mass is 32.1. The molecule has 122 valence electrons. The van der Waals surface area contributed by atoms with Crippen LogP contribution in [0.1, 0.15) is 42.5 Å². The van der Waals surface area contributed by atoms with Crippen molar-refractivity contribution >= 4 is 28.7 Å². The van der Waals surface area contributed by atoms with E-state index in [1.807, 2.05) is 6.07 Å². The van der Waals surface area contributed by atoms with Crippen molar-refractivity contribution in [2.75, 3.05) is 13.2 Å². The summed E-state index contributed by atoms with van der Waals surface area (Å²) in [5.41, 5.74) is 2.17. The molecule has 1 spiro atoms. The lowest BCUT2D eigenvalue weighted by Gasteiger charge is -2.31. The maximum Gasteiger partial charge on any atom is 0.251 e. The Bertz CT molecular complexity index is 711. The Morgan fingerprint density at radius 3 is 2.96 bits per heavy atom. The van der Waals surface area contributed by atoms with Gasteiger partial charge in [0.05, 0.1) is 18.3 Å². The summed E-state index contributed by atoms with van der Waals surface area (Å²) in [6.07, 6.45) is 5.42. The molecular formula is C16H19N3O3S. The minimum atomic E-state index is -0.390. The van der Waals surface area contributed by atoms with Crippen LogP contribution in [0.2, 0.25) is 0 Å². The van der Waals surface area contributed by atoms with Crippen LogP contribution in [0.3, 0.4) is 0 Å². The topological polar surface area (TPSA) is 73.3 Å². The van der Waals surface area contributed by atoms with Crippen LogP contribution in [-0.2, 0) is 9.47 Å². The molecule has 1 aromatic heterocycles. The monoisotopic (exact) mass is 333 g/mol. The van der Waals surface area contributed by atoms with E-state index in [-0.39, 0.29) is 12.0 Å². The van der Waals surface area contributed by atoms with E-state index in [1.54, 1.807) is 12.1 Å². The second-order valence-corrected chi connectivity index (χ2v) is 6.73. The van der Waals surface area contributed by atoms with E-state index in [0.717, 1.165) is 48.4 Å². The molecule has 1 aromatic carbocycles. The van der Waals surface area contributed by atoms with Crippen molar-refractivity contribution in [2.45, 2.75) is 44.0 Å². The van der Waals surface area contributed by atoms with Gasteiger partial charge in [-0.3, -0.25) is 4.79 Å². The predicted molar refractivity (Wildman–Crippen MR) is 86.4 cm³/mol. The van der Waals surface area contributed by atoms with Gasteiger partial charge >= 0.3 is 0 Å². The maximum absolute atomic E-state index is 12.3. The number of benzene rings is 1. The molecule has 1 aliphatic carbocycles. The van der Waals surface area contributed by atoms with Crippen LogP contribution in [0.25, 0.3) is 11.0 Å². The van der Waals surface area contributed by atoms with Crippen molar-refractivity contribution < 1.29 is 14.3 Å². The molecule has 1 saturated heterocycles. The molecular weight excluding hydrogens is 314 g/mol. The molecule has 6 nitrogen and oxygen atoms in total. The molecule has 23 heavy (non-hydrogen) atoms. The highest BCUT2D eigenvalue weighted by molar-refractivity contribution is 7.00. The summed E-state index contributed by atoms with van der Waals surface area (Å²) >= 11 is 1.15. The fourth-order valence-corrected chi connectivity index (χ4v) is 3.82. The Labute approximate surface area is 138 Å². The number of rotatable bonds is 3. The van der Waals surface area contributed by atoms with Crippen LogP contribution >= 0.6 is 11.7 Å². The number of hydrogen-bond acceptors (Lipinski definition) is 6. The number of hydrogen-bond donors (Lipinski definition) is 1. The predicted octanol–water partition coefficient (Wildman–Crippen LogP) is 2.50. The lowest BCUT2D eigenvalue weighted by Crippen LogP contribution is -2.37. The van der Waals surface area contributed by atoms with Gasteiger partial charge in [-0.1, -0.05) is 6.42 Å². The van der Waals surface area contributed by atoms with Gasteiger partial charge in [0.15, 0.2) is 5.79 Å². The zero-order valence-corrected chi connectivity index (χ0v) is 13.6. The summed E-state index contributed by atoms with van der Waals surface area (Å²) in [7, 11) is 0. The van der Waals surface area contributed by atoms with E-state index in [0.29, 0.717) is 18.7 Å². The fourth-order valence-electron chi connectivity index (χ4n) is 3.30. The summed E-state index contributed by atoms with van der Waals surface area (Å²) in [5.74, 6) is -0.508. The normalized spacial score (nSPS) is 23.4. The molecule has 1 unspecified atom stereocenters. The van der Waals surface area contributed by atoms with Gasteiger partial charge in [0.1, 0.15) is 17.1 Å². The van der Waals surface area contributed by atoms with Crippen LogP contribution in [0, 0.1) is 0 Å². The summed E-state index contributed by atoms with van der Waals surface area (Å²) in [4.78, 5) is 12.3. The van der Waals surface area contributed by atoms with Gasteiger partial charge < -0.3 is 14.8 Å². The van der Waals surface area contributed by atoms with Crippen molar-refractivity contribution in [2.24, 2.45) is 0 Å². The molecule has 2 heterocycles. The van der Waals surface area contributed by atoms with Gasteiger partial charge in [-0.2, -0.15) is 8.75 Å². The van der Waals surface area contributed by atoms with E-state index in [9.17, 15) is 4.79 Å². The molecule has 0 bridgehead atoms. The first-order valence-corrected chi connectivity index (χ1v) is 8.79. The Morgan fingerprint density at radius 1 is 1.26 bits per heavy atom. The minimum absolute atomic E-state index is 0.0679. The molecule has 1 aliphatic heterocycles. The van der Waals surface area contributed by atoms with Crippen LogP contribution in [0.15, 0.2) is 18.2 Å². The van der Waals surface area contributed by atoms with Gasteiger partial charge in [0.25, 0.3) is 5.91 Å². The van der Waals surface area contributed by atoms with E-state index in [1.165, 1.54) is 6.42 Å². The number of fused-ring (bicyclic) bond motifs is 1. The van der Waals surface area contributed by atoms with E-state index in [2.05, 4.69) is 14.1 Å². The first-order chi connectivity index (χ1) is 11.2. The Kier molecular flexibility index (Phi) is 4.00. The number of aromatic nitrogens is 2. The van der Waals surface area contributed by atoms with Crippen LogP contribution in [0.5, 0.6) is 0 Å². The summed E-state index contributed by atoms with van der Waals surface area (Å²) in [5, 5.41) is 2.93. The highest BCUT2D eigenvalue weighted by Crippen LogP contribution is 2.37. The first-order valence-electron chi connectivity index (χ1n) is 8.06. The van der Waals surface area contributed by atoms with Crippen molar-refractivity contribution in [3.05, 3.63) is 23.8 Å². The molecule has 2 fully saturated rings. The fraction of sp³-hybridized carbons (Fsp3) is 0.562. The number of nitrogens with one attached hydrogen (secondary N) is 1. The van der Waals surface area contributed by atoms with Crippen molar-refractivity contribution in [3.8, 4) is 0 Å². The van der Waals surface area contributed by atoms with E-state index < -0.39 is 5.79 Å². The summed E-state index contributed by atoms with van der Waals surface area (Å²) in [6, 6.07) is 5.36. The number of amides is 1. The maximum atomic E-state index is 12.3. The van der Waals surface area contributed by atoms with Gasteiger partial charge in [0.2, 0.25) is 0 Å². The average molecular weight is 333 g/mol. The van der Waals surface area contributed by atoms with E-state index in [4.69, 9.17) is 9.47 Å². The number of carbonyl (C=O) groups is 1. The van der Waals surface area contributed by atoms with Crippen molar-refractivity contribution in [1.82, 2.24) is 14.1 Å². The van der Waals surface area contributed by atoms with Crippen molar-refractivity contribution in [1.29, 1.82) is 0 Å². The molecule has 2 aromatic rings. The highest BCUT2D eigenvalue weighted by Gasteiger charge is 2.42. The number of nitrogens with zero attached hydrogens (tertiary/aromatic N) is 2. The number of ether oxygens (including phenoxy) is 2. The lowest BCUT2D eigenvalue weighted by atomic mass is 9.94. The Hall–Kier alpha value is -1.57. The quantitative estimate of drug-likeness (QED) is 0.934. The lowest BCUT2D eigenvalue weighted by molar-refractivity contribution is -0.186. The van der Waals surface area contributed by atoms with Gasteiger partial charge in [-0.25, -0.2) is 0 Å². The summed E-state index contributed by atoms with van der Waals surface area (Å²) < 4.78 is 20.3. The molecule has 0 radical (unpaired) electrons. The van der Waals surface area contributed by atoms with Crippen LogP contribution in [0.4, 0.5) is 0 Å². The van der Waals surface area contributed by atoms with Crippen LogP contribution < -0.4 is 5.32 Å². The second-order valence-electron chi connectivity index (χ2n) is 6.20. The summed E-state index contributed by atoms with van der Waals surface area (Å²) in [6.45, 7) is 1.02. The van der Waals surface area contributed by atoms with Crippen LogP contribution in [-0.4, -0.2) is 39.7 Å². The smallest absolute Gasteiger partial charge is 0.251 e. The minimum Gasteiger partial charge on any atom is -0.349 e. The van der Waals surface area contributed by atoms with Gasteiger partial charge in [0, 0.05) is 24.9 Å². The van der Waals surface area contributed by atoms with E-state index >= 15 is 0 Å². The van der Waals surface area contributed by atoms with Gasteiger partial charge in [-0.05, 0) is 31.0 Å².